The Labute approximate surface area is 192 Å². The van der Waals surface area contributed by atoms with E-state index in [4.69, 9.17) is 0 Å². The molecule has 2 fully saturated rings. The molecule has 4 heterocycles. The normalized spacial score (nSPS) is 23.9. The fourth-order valence-electron chi connectivity index (χ4n) is 5.40. The fraction of sp³-hybridized carbons (Fsp3) is 0.440. The molecule has 172 valence electrons. The molecule has 3 aliphatic heterocycles. The lowest BCUT2D eigenvalue weighted by molar-refractivity contribution is -0.134. The maximum absolute atomic E-state index is 13.0. The lowest BCUT2D eigenvalue weighted by Crippen LogP contribution is -2.49. The Morgan fingerprint density at radius 1 is 0.970 bits per heavy atom. The van der Waals surface area contributed by atoms with E-state index < -0.39 is 6.04 Å². The number of pyridine rings is 1. The van der Waals surface area contributed by atoms with Crippen LogP contribution in [0.2, 0.25) is 0 Å². The van der Waals surface area contributed by atoms with Crippen LogP contribution in [0.3, 0.4) is 0 Å². The van der Waals surface area contributed by atoms with Crippen LogP contribution in [-0.4, -0.2) is 57.9 Å². The summed E-state index contributed by atoms with van der Waals surface area (Å²) in [5, 5.41) is 2.74. The van der Waals surface area contributed by atoms with Crippen molar-refractivity contribution in [3.8, 4) is 0 Å². The second kappa shape index (κ2) is 8.84. The van der Waals surface area contributed by atoms with Crippen molar-refractivity contribution in [2.75, 3.05) is 19.6 Å². The van der Waals surface area contributed by atoms with Crippen LogP contribution < -0.4 is 10.9 Å². The number of carbonyl (C=O) groups is 3. The predicted molar refractivity (Wildman–Crippen MR) is 122 cm³/mol. The molecule has 2 aromatic rings. The third-order valence-corrected chi connectivity index (χ3v) is 7.05. The zero-order chi connectivity index (χ0) is 22.9. The summed E-state index contributed by atoms with van der Waals surface area (Å²) in [5.74, 6) is 0.173. The number of aromatic nitrogens is 1. The Morgan fingerprint density at radius 2 is 1.79 bits per heavy atom. The van der Waals surface area contributed by atoms with Gasteiger partial charge in [-0.2, -0.15) is 0 Å². The lowest BCUT2D eigenvalue weighted by atomic mass is 9.83. The van der Waals surface area contributed by atoms with Crippen LogP contribution in [0, 0.1) is 5.92 Å². The molecule has 33 heavy (non-hydrogen) atoms. The SMILES string of the molecule is O=C(CC[C@H]1NC(=O)N(CCc2ccccc2)C1=O)N1C[C@H]2C[C@@H](C1)c1cccc(=O)n1C2. The van der Waals surface area contributed by atoms with Gasteiger partial charge in [0.15, 0.2) is 0 Å². The predicted octanol–water partition coefficient (Wildman–Crippen LogP) is 1.74. The van der Waals surface area contributed by atoms with E-state index in [0.717, 1.165) is 17.7 Å². The van der Waals surface area contributed by atoms with Crippen LogP contribution in [0.1, 0.15) is 36.4 Å². The van der Waals surface area contributed by atoms with Crippen molar-refractivity contribution in [3.63, 3.8) is 0 Å². The first kappa shape index (κ1) is 21.4. The minimum atomic E-state index is -0.652. The highest BCUT2D eigenvalue weighted by Crippen LogP contribution is 2.35. The maximum Gasteiger partial charge on any atom is 0.324 e. The molecule has 5 rings (SSSR count). The molecular formula is C25H28N4O4. The summed E-state index contributed by atoms with van der Waals surface area (Å²) in [4.78, 5) is 53.3. The largest absolute Gasteiger partial charge is 0.342 e. The van der Waals surface area contributed by atoms with Crippen LogP contribution in [0.25, 0.3) is 0 Å². The van der Waals surface area contributed by atoms with Crippen LogP contribution in [-0.2, 0) is 22.6 Å². The first-order valence-corrected chi connectivity index (χ1v) is 11.6. The Morgan fingerprint density at radius 3 is 2.61 bits per heavy atom. The van der Waals surface area contributed by atoms with Gasteiger partial charge in [0.2, 0.25) is 5.91 Å². The van der Waals surface area contributed by atoms with Crippen molar-refractivity contribution in [1.82, 2.24) is 19.7 Å². The third kappa shape index (κ3) is 4.29. The van der Waals surface area contributed by atoms with E-state index in [2.05, 4.69) is 5.32 Å². The Bertz CT molecular complexity index is 1130. The highest BCUT2D eigenvalue weighted by atomic mass is 16.2. The van der Waals surface area contributed by atoms with Crippen LogP contribution in [0.4, 0.5) is 4.79 Å². The number of carbonyl (C=O) groups excluding carboxylic acids is 3. The zero-order valence-electron chi connectivity index (χ0n) is 18.5. The number of hydrogen-bond donors (Lipinski definition) is 1. The molecule has 8 heteroatoms. The molecule has 2 bridgehead atoms. The molecular weight excluding hydrogens is 420 g/mol. The summed E-state index contributed by atoms with van der Waals surface area (Å²) in [6, 6.07) is 14.0. The highest BCUT2D eigenvalue weighted by molar-refractivity contribution is 6.04. The summed E-state index contributed by atoms with van der Waals surface area (Å²) >= 11 is 0. The molecule has 3 aliphatic rings. The second-order valence-corrected chi connectivity index (χ2v) is 9.26. The van der Waals surface area contributed by atoms with Gasteiger partial charge in [0, 0.05) is 50.3 Å². The van der Waals surface area contributed by atoms with E-state index in [1.165, 1.54) is 4.90 Å². The van der Waals surface area contributed by atoms with Gasteiger partial charge in [0.05, 0.1) is 0 Å². The molecule has 0 spiro atoms. The maximum atomic E-state index is 13.0. The van der Waals surface area contributed by atoms with E-state index in [1.807, 2.05) is 45.9 Å². The molecule has 8 nitrogen and oxygen atoms in total. The Balaban J connectivity index is 1.16. The number of amides is 4. The number of fused-ring (bicyclic) bond motifs is 4. The molecule has 2 saturated heterocycles. The minimum absolute atomic E-state index is 0.00112. The number of urea groups is 1. The van der Waals surface area contributed by atoms with Crippen LogP contribution in [0.5, 0.6) is 0 Å². The summed E-state index contributed by atoms with van der Waals surface area (Å²) < 4.78 is 1.84. The van der Waals surface area contributed by atoms with Crippen molar-refractivity contribution in [2.24, 2.45) is 5.92 Å². The Hall–Kier alpha value is -3.42. The second-order valence-electron chi connectivity index (χ2n) is 9.26. The first-order valence-electron chi connectivity index (χ1n) is 11.6. The number of imide groups is 1. The smallest absolute Gasteiger partial charge is 0.324 e. The number of nitrogens with one attached hydrogen (secondary N) is 1. The summed E-state index contributed by atoms with van der Waals surface area (Å²) in [6.07, 6.45) is 2.10. The van der Waals surface area contributed by atoms with Crippen LogP contribution >= 0.6 is 0 Å². The number of nitrogens with zero attached hydrogens (tertiary/aromatic N) is 3. The minimum Gasteiger partial charge on any atom is -0.342 e. The van der Waals surface area contributed by atoms with Gasteiger partial charge < -0.3 is 14.8 Å². The van der Waals surface area contributed by atoms with E-state index in [1.54, 1.807) is 12.1 Å². The first-order chi connectivity index (χ1) is 16.0. The average Bonchev–Trinajstić information content (AvgIpc) is 3.09. The Kier molecular flexibility index (Phi) is 5.74. The van der Waals surface area contributed by atoms with E-state index in [0.29, 0.717) is 39.0 Å². The summed E-state index contributed by atoms with van der Waals surface area (Å²) in [5.41, 5.74) is 2.09. The molecule has 1 aromatic carbocycles. The molecule has 4 amide bonds. The van der Waals surface area contributed by atoms with E-state index >= 15 is 0 Å². The van der Waals surface area contributed by atoms with Gasteiger partial charge in [0.1, 0.15) is 6.04 Å². The number of piperidine rings is 1. The molecule has 3 atom stereocenters. The fourth-order valence-corrected chi connectivity index (χ4v) is 5.40. The van der Waals surface area contributed by atoms with Gasteiger partial charge in [-0.1, -0.05) is 36.4 Å². The molecule has 1 aromatic heterocycles. The average molecular weight is 449 g/mol. The molecule has 1 N–H and O–H groups in total. The van der Waals surface area contributed by atoms with E-state index in [9.17, 15) is 19.2 Å². The van der Waals surface area contributed by atoms with Crippen molar-refractivity contribution in [3.05, 3.63) is 70.1 Å². The van der Waals surface area contributed by atoms with Crippen LogP contribution in [0.15, 0.2) is 53.3 Å². The number of rotatable bonds is 6. The van der Waals surface area contributed by atoms with Gasteiger partial charge in [-0.05, 0) is 36.8 Å². The van der Waals surface area contributed by atoms with E-state index in [-0.39, 0.29) is 41.7 Å². The van der Waals surface area contributed by atoms with Crippen molar-refractivity contribution < 1.29 is 14.4 Å². The third-order valence-electron chi connectivity index (χ3n) is 7.05. The van der Waals surface area contributed by atoms with Gasteiger partial charge >= 0.3 is 6.03 Å². The van der Waals surface area contributed by atoms with Crippen molar-refractivity contribution in [2.45, 2.75) is 44.2 Å². The standard InChI is InChI=1S/C25H28N4O4/c30-22(27-14-18-13-19(16-27)21-7-4-8-23(31)29(21)15-18)10-9-20-24(32)28(25(33)26-20)12-11-17-5-2-1-3-6-17/h1-8,18-20H,9-16H2,(H,26,33)/t18-,19+,20-/m1/s1. The number of hydrogen-bond acceptors (Lipinski definition) is 4. The number of benzene rings is 1. The lowest BCUT2D eigenvalue weighted by Gasteiger charge is -2.42. The van der Waals surface area contributed by atoms with Gasteiger partial charge in [0.25, 0.3) is 11.5 Å². The molecule has 0 aliphatic carbocycles. The monoisotopic (exact) mass is 448 g/mol. The molecule has 0 radical (unpaired) electrons. The van der Waals surface area contributed by atoms with Gasteiger partial charge in [-0.3, -0.25) is 19.3 Å². The zero-order valence-corrected chi connectivity index (χ0v) is 18.5. The van der Waals surface area contributed by atoms with Gasteiger partial charge in [-0.25, -0.2) is 4.79 Å². The quantitative estimate of drug-likeness (QED) is 0.682. The summed E-state index contributed by atoms with van der Waals surface area (Å²) in [7, 11) is 0. The topological polar surface area (TPSA) is 91.7 Å². The van der Waals surface area contributed by atoms with Crippen molar-refractivity contribution >= 4 is 17.8 Å². The molecule has 0 unspecified atom stereocenters. The molecule has 0 saturated carbocycles. The van der Waals surface area contributed by atoms with Gasteiger partial charge in [-0.15, -0.1) is 0 Å². The highest BCUT2D eigenvalue weighted by Gasteiger charge is 2.39. The number of likely N-dealkylation sites (tertiary alicyclic amines) is 1. The van der Waals surface area contributed by atoms with Crippen molar-refractivity contribution in [1.29, 1.82) is 0 Å². The summed E-state index contributed by atoms with van der Waals surface area (Å²) in [6.45, 7) is 2.19.